The quantitative estimate of drug-likeness (QED) is 0.803. The van der Waals surface area contributed by atoms with Gasteiger partial charge in [-0.3, -0.25) is 4.79 Å². The van der Waals surface area contributed by atoms with E-state index in [1.807, 2.05) is 20.8 Å². The van der Waals surface area contributed by atoms with Crippen molar-refractivity contribution in [3.05, 3.63) is 0 Å². The van der Waals surface area contributed by atoms with E-state index in [1.54, 1.807) is 4.90 Å². The largest absolute Gasteiger partial charge is 0.444 e. The molecule has 0 spiro atoms. The molecule has 0 aromatic carbocycles. The Balaban J connectivity index is 2.27. The van der Waals surface area contributed by atoms with Gasteiger partial charge in [0.1, 0.15) is 5.60 Å². The summed E-state index contributed by atoms with van der Waals surface area (Å²) in [4.78, 5) is 25.9. The summed E-state index contributed by atoms with van der Waals surface area (Å²) < 4.78 is 5.37. The summed E-state index contributed by atoms with van der Waals surface area (Å²) in [5.74, 6) is 0.145. The number of carbonyl (C=O) groups excluding carboxylic acids is 2. The second kappa shape index (κ2) is 8.02. The summed E-state index contributed by atoms with van der Waals surface area (Å²) in [5, 5.41) is 3.03. The van der Waals surface area contributed by atoms with Gasteiger partial charge >= 0.3 is 6.09 Å². The molecule has 0 atom stereocenters. The minimum atomic E-state index is -0.474. The molecular formula is C18H34N2O3. The van der Waals surface area contributed by atoms with Crippen LogP contribution in [0.2, 0.25) is 0 Å². The molecule has 0 bridgehead atoms. The van der Waals surface area contributed by atoms with Gasteiger partial charge < -0.3 is 15.0 Å². The van der Waals surface area contributed by atoms with E-state index in [2.05, 4.69) is 26.1 Å². The van der Waals surface area contributed by atoms with Gasteiger partial charge in [0.25, 0.3) is 0 Å². The molecule has 0 aromatic heterocycles. The number of nitrogens with one attached hydrogen (secondary N) is 1. The maximum Gasteiger partial charge on any atom is 0.410 e. The van der Waals surface area contributed by atoms with Crippen LogP contribution in [0.1, 0.15) is 67.2 Å². The fourth-order valence-corrected chi connectivity index (χ4v) is 2.63. The van der Waals surface area contributed by atoms with Gasteiger partial charge in [-0.25, -0.2) is 4.79 Å². The summed E-state index contributed by atoms with van der Waals surface area (Å²) in [6, 6.07) is 0. The summed E-state index contributed by atoms with van der Waals surface area (Å²) in [7, 11) is 0. The van der Waals surface area contributed by atoms with Gasteiger partial charge in [0.15, 0.2) is 0 Å². The van der Waals surface area contributed by atoms with Crippen LogP contribution in [0, 0.1) is 11.3 Å². The van der Waals surface area contributed by atoms with E-state index in [0.29, 0.717) is 31.3 Å². The Bertz CT molecular complexity index is 399. The molecule has 0 radical (unpaired) electrons. The Hall–Kier alpha value is -1.26. The number of hydrogen-bond donors (Lipinski definition) is 1. The van der Waals surface area contributed by atoms with Crippen LogP contribution >= 0.6 is 0 Å². The zero-order chi connectivity index (χ0) is 17.7. The number of hydrogen-bond acceptors (Lipinski definition) is 3. The van der Waals surface area contributed by atoms with Crippen molar-refractivity contribution in [3.8, 4) is 0 Å². The molecule has 0 unspecified atom stereocenters. The summed E-state index contributed by atoms with van der Waals surface area (Å²) in [5.41, 5.74) is -0.165. The van der Waals surface area contributed by atoms with Crippen molar-refractivity contribution < 1.29 is 14.3 Å². The third-order valence-corrected chi connectivity index (χ3v) is 3.92. The second-order valence-corrected chi connectivity index (χ2v) is 8.70. The molecule has 23 heavy (non-hydrogen) atoms. The normalized spacial score (nSPS) is 17.0. The van der Waals surface area contributed by atoms with Gasteiger partial charge in [-0.15, -0.1) is 0 Å². The molecule has 1 rings (SSSR count). The third kappa shape index (κ3) is 8.24. The molecule has 5 nitrogen and oxygen atoms in total. The minimum Gasteiger partial charge on any atom is -0.444 e. The monoisotopic (exact) mass is 326 g/mol. The number of ether oxygens (including phenoxy) is 1. The van der Waals surface area contributed by atoms with Crippen LogP contribution in [0.25, 0.3) is 0 Å². The maximum absolute atomic E-state index is 12.2. The van der Waals surface area contributed by atoms with E-state index in [-0.39, 0.29) is 17.9 Å². The fourth-order valence-electron chi connectivity index (χ4n) is 2.63. The topological polar surface area (TPSA) is 58.6 Å². The standard InChI is InChI=1S/C18H34N2O3/c1-17(2,3)10-7-11-19-15(21)14-8-12-20(13-9-14)16(22)23-18(4,5)6/h14H,7-13H2,1-6H3,(H,19,21). The molecular weight excluding hydrogens is 292 g/mol. The molecule has 1 N–H and O–H groups in total. The molecule has 1 heterocycles. The van der Waals surface area contributed by atoms with Crippen LogP contribution in [0.15, 0.2) is 0 Å². The number of nitrogens with zero attached hydrogens (tertiary/aromatic N) is 1. The lowest BCUT2D eigenvalue weighted by Crippen LogP contribution is -2.45. The molecule has 5 heteroatoms. The van der Waals surface area contributed by atoms with E-state index in [9.17, 15) is 9.59 Å². The number of carbonyl (C=O) groups is 2. The first-order valence-electron chi connectivity index (χ1n) is 8.73. The molecule has 2 amide bonds. The number of likely N-dealkylation sites (tertiary alicyclic amines) is 1. The molecule has 0 aliphatic carbocycles. The van der Waals surface area contributed by atoms with Crippen LogP contribution in [-0.4, -0.2) is 42.1 Å². The Kier molecular flexibility index (Phi) is 6.90. The van der Waals surface area contributed by atoms with Crippen molar-refractivity contribution in [3.63, 3.8) is 0 Å². The van der Waals surface area contributed by atoms with E-state index in [4.69, 9.17) is 4.74 Å². The average molecular weight is 326 g/mol. The number of piperidine rings is 1. The molecule has 0 saturated carbocycles. The smallest absolute Gasteiger partial charge is 0.410 e. The predicted octanol–water partition coefficient (Wildman–Crippen LogP) is 3.58. The molecule has 134 valence electrons. The summed E-state index contributed by atoms with van der Waals surface area (Å²) in [6.45, 7) is 14.1. The lowest BCUT2D eigenvalue weighted by Gasteiger charge is -2.33. The van der Waals surface area contributed by atoms with Gasteiger partial charge in [0.2, 0.25) is 5.91 Å². The predicted molar refractivity (Wildman–Crippen MR) is 92.2 cm³/mol. The SMILES string of the molecule is CC(C)(C)CCCNC(=O)C1CCN(C(=O)OC(C)(C)C)CC1. The Labute approximate surface area is 141 Å². The Morgan fingerprint density at radius 3 is 2.13 bits per heavy atom. The summed E-state index contributed by atoms with van der Waals surface area (Å²) >= 11 is 0. The second-order valence-electron chi connectivity index (χ2n) is 8.70. The zero-order valence-corrected chi connectivity index (χ0v) is 15.7. The van der Waals surface area contributed by atoms with Crippen molar-refractivity contribution >= 4 is 12.0 Å². The van der Waals surface area contributed by atoms with Crippen molar-refractivity contribution in [2.24, 2.45) is 11.3 Å². The van der Waals surface area contributed by atoms with Gasteiger partial charge in [0, 0.05) is 25.6 Å². The van der Waals surface area contributed by atoms with Crippen molar-refractivity contribution in [1.29, 1.82) is 0 Å². The molecule has 0 aromatic rings. The Morgan fingerprint density at radius 2 is 1.65 bits per heavy atom. The average Bonchev–Trinajstić information content (AvgIpc) is 2.40. The third-order valence-electron chi connectivity index (χ3n) is 3.92. The van der Waals surface area contributed by atoms with Crippen molar-refractivity contribution in [1.82, 2.24) is 10.2 Å². The molecule has 1 saturated heterocycles. The summed E-state index contributed by atoms with van der Waals surface area (Å²) in [6.07, 6.45) is 3.26. The van der Waals surface area contributed by atoms with Crippen LogP contribution in [-0.2, 0) is 9.53 Å². The first kappa shape index (κ1) is 19.8. The lowest BCUT2D eigenvalue weighted by molar-refractivity contribution is -0.126. The molecule has 1 fully saturated rings. The van der Waals surface area contributed by atoms with E-state index in [0.717, 1.165) is 19.4 Å². The van der Waals surface area contributed by atoms with Crippen LogP contribution in [0.3, 0.4) is 0 Å². The highest BCUT2D eigenvalue weighted by Gasteiger charge is 2.29. The first-order valence-corrected chi connectivity index (χ1v) is 8.73. The van der Waals surface area contributed by atoms with Crippen LogP contribution in [0.5, 0.6) is 0 Å². The Morgan fingerprint density at radius 1 is 1.09 bits per heavy atom. The van der Waals surface area contributed by atoms with Gasteiger partial charge in [0.05, 0.1) is 0 Å². The number of amides is 2. The van der Waals surface area contributed by atoms with Gasteiger partial charge in [-0.2, -0.15) is 0 Å². The first-order chi connectivity index (χ1) is 10.5. The van der Waals surface area contributed by atoms with Gasteiger partial charge in [-0.05, 0) is 51.9 Å². The van der Waals surface area contributed by atoms with Crippen LogP contribution < -0.4 is 5.32 Å². The molecule has 1 aliphatic heterocycles. The van der Waals surface area contributed by atoms with Crippen molar-refractivity contribution in [2.75, 3.05) is 19.6 Å². The van der Waals surface area contributed by atoms with Crippen LogP contribution in [0.4, 0.5) is 4.79 Å². The minimum absolute atomic E-state index is 0.0170. The highest BCUT2D eigenvalue weighted by Crippen LogP contribution is 2.21. The van der Waals surface area contributed by atoms with E-state index >= 15 is 0 Å². The highest BCUT2D eigenvalue weighted by molar-refractivity contribution is 5.79. The van der Waals surface area contributed by atoms with E-state index < -0.39 is 5.60 Å². The molecule has 1 aliphatic rings. The number of rotatable bonds is 4. The van der Waals surface area contributed by atoms with Crippen molar-refractivity contribution in [2.45, 2.75) is 72.8 Å². The van der Waals surface area contributed by atoms with E-state index in [1.165, 1.54) is 0 Å². The highest BCUT2D eigenvalue weighted by atomic mass is 16.6. The van der Waals surface area contributed by atoms with Gasteiger partial charge in [-0.1, -0.05) is 20.8 Å². The fraction of sp³-hybridized carbons (Fsp3) is 0.889. The maximum atomic E-state index is 12.2. The lowest BCUT2D eigenvalue weighted by atomic mass is 9.90. The zero-order valence-electron chi connectivity index (χ0n) is 15.7.